The van der Waals surface area contributed by atoms with Crippen molar-refractivity contribution in [2.45, 2.75) is 6.54 Å². The third-order valence-electron chi connectivity index (χ3n) is 4.00. The van der Waals surface area contributed by atoms with Crippen molar-refractivity contribution in [1.29, 1.82) is 0 Å². The summed E-state index contributed by atoms with van der Waals surface area (Å²) in [6, 6.07) is 8.87. The number of anilines is 1. The molecule has 120 valence electrons. The van der Waals surface area contributed by atoms with Gasteiger partial charge in [-0.15, -0.1) is 0 Å². The molecule has 0 radical (unpaired) electrons. The number of nitro benzene ring substituents is 1. The largest absolute Gasteiger partial charge is 0.363 e. The van der Waals surface area contributed by atoms with Crippen molar-refractivity contribution in [2.75, 3.05) is 31.1 Å². The first-order valence-corrected chi connectivity index (χ1v) is 7.81. The average Bonchev–Trinajstić information content (AvgIpc) is 2.56. The van der Waals surface area contributed by atoms with Gasteiger partial charge < -0.3 is 4.90 Å². The van der Waals surface area contributed by atoms with E-state index < -0.39 is 0 Å². The first-order chi connectivity index (χ1) is 11.1. The van der Waals surface area contributed by atoms with Crippen LogP contribution in [0.1, 0.15) is 5.56 Å². The van der Waals surface area contributed by atoms with Crippen LogP contribution in [-0.2, 0) is 6.54 Å². The number of hydrogen-bond acceptors (Lipinski definition) is 5. The highest BCUT2D eigenvalue weighted by Crippen LogP contribution is 2.31. The third-order valence-corrected chi connectivity index (χ3v) is 4.24. The van der Waals surface area contributed by atoms with Crippen molar-refractivity contribution in [3.63, 3.8) is 0 Å². The maximum atomic E-state index is 11.2. The molecule has 0 amide bonds. The van der Waals surface area contributed by atoms with Gasteiger partial charge in [-0.25, -0.2) is 0 Å². The van der Waals surface area contributed by atoms with Gasteiger partial charge in [-0.05, 0) is 29.8 Å². The molecule has 2 heterocycles. The summed E-state index contributed by atoms with van der Waals surface area (Å²) in [7, 11) is 0. The van der Waals surface area contributed by atoms with Gasteiger partial charge in [-0.3, -0.25) is 20.0 Å². The Morgan fingerprint density at radius 1 is 1.13 bits per heavy atom. The number of benzene rings is 1. The Morgan fingerprint density at radius 3 is 2.48 bits per heavy atom. The summed E-state index contributed by atoms with van der Waals surface area (Å²) in [4.78, 5) is 19.3. The minimum absolute atomic E-state index is 0.0695. The molecular formula is C16H17ClN4O2. The van der Waals surface area contributed by atoms with Crippen LogP contribution in [0.2, 0.25) is 5.02 Å². The van der Waals surface area contributed by atoms with E-state index in [0.29, 0.717) is 10.7 Å². The van der Waals surface area contributed by atoms with E-state index in [0.717, 1.165) is 32.7 Å². The second-order valence-electron chi connectivity index (χ2n) is 5.51. The first-order valence-electron chi connectivity index (χ1n) is 7.43. The average molecular weight is 333 g/mol. The number of pyridine rings is 1. The number of rotatable bonds is 4. The molecule has 3 rings (SSSR count). The SMILES string of the molecule is O=[N+]([O-])c1cc(Cl)ccc1N1CCN(Cc2ccncc2)CC1. The Hall–Kier alpha value is -2.18. The van der Waals surface area contributed by atoms with E-state index in [1.807, 2.05) is 12.1 Å². The molecule has 1 fully saturated rings. The van der Waals surface area contributed by atoms with Crippen LogP contribution in [0.4, 0.5) is 11.4 Å². The molecule has 6 nitrogen and oxygen atoms in total. The lowest BCUT2D eigenvalue weighted by Crippen LogP contribution is -2.46. The number of piperazine rings is 1. The minimum atomic E-state index is -0.370. The van der Waals surface area contributed by atoms with E-state index in [-0.39, 0.29) is 10.6 Å². The number of nitro groups is 1. The van der Waals surface area contributed by atoms with Gasteiger partial charge in [-0.1, -0.05) is 11.6 Å². The summed E-state index contributed by atoms with van der Waals surface area (Å²) < 4.78 is 0. The molecule has 0 N–H and O–H groups in total. The molecule has 23 heavy (non-hydrogen) atoms. The third kappa shape index (κ3) is 3.78. The fourth-order valence-corrected chi connectivity index (χ4v) is 2.97. The fourth-order valence-electron chi connectivity index (χ4n) is 2.80. The molecule has 0 unspecified atom stereocenters. The highest BCUT2D eigenvalue weighted by atomic mass is 35.5. The molecule has 1 aliphatic heterocycles. The van der Waals surface area contributed by atoms with Gasteiger partial charge in [0.05, 0.1) is 4.92 Å². The van der Waals surface area contributed by atoms with Crippen molar-refractivity contribution < 1.29 is 4.92 Å². The highest BCUT2D eigenvalue weighted by molar-refractivity contribution is 6.30. The second kappa shape index (κ2) is 6.93. The first kappa shape index (κ1) is 15.7. The summed E-state index contributed by atoms with van der Waals surface area (Å²) in [5.74, 6) is 0. The van der Waals surface area contributed by atoms with Gasteiger partial charge in [0.2, 0.25) is 0 Å². The Morgan fingerprint density at radius 2 is 1.83 bits per heavy atom. The van der Waals surface area contributed by atoms with Gasteiger partial charge in [0.25, 0.3) is 5.69 Å². The lowest BCUT2D eigenvalue weighted by Gasteiger charge is -2.35. The van der Waals surface area contributed by atoms with Gasteiger partial charge in [0.1, 0.15) is 5.69 Å². The van der Waals surface area contributed by atoms with Gasteiger partial charge in [0, 0.05) is 56.2 Å². The smallest absolute Gasteiger partial charge is 0.294 e. The van der Waals surface area contributed by atoms with Crippen molar-refractivity contribution in [1.82, 2.24) is 9.88 Å². The Labute approximate surface area is 139 Å². The lowest BCUT2D eigenvalue weighted by atomic mass is 10.2. The predicted octanol–water partition coefficient (Wildman–Crippen LogP) is 2.97. The molecule has 1 saturated heterocycles. The molecule has 7 heteroatoms. The maximum Gasteiger partial charge on any atom is 0.294 e. The van der Waals surface area contributed by atoms with Crippen molar-refractivity contribution >= 4 is 23.0 Å². The molecule has 2 aromatic rings. The number of halogens is 1. The molecule has 0 saturated carbocycles. The van der Waals surface area contributed by atoms with Crippen molar-refractivity contribution in [3.05, 3.63) is 63.4 Å². The molecule has 0 bridgehead atoms. The fraction of sp³-hybridized carbons (Fsp3) is 0.312. The zero-order valence-corrected chi connectivity index (χ0v) is 13.3. The summed E-state index contributed by atoms with van der Waals surface area (Å²) in [5.41, 5.74) is 1.94. The molecular weight excluding hydrogens is 316 g/mol. The predicted molar refractivity (Wildman–Crippen MR) is 89.8 cm³/mol. The lowest BCUT2D eigenvalue weighted by molar-refractivity contribution is -0.384. The molecule has 0 aliphatic carbocycles. The number of nitrogens with zero attached hydrogens (tertiary/aromatic N) is 4. The number of aromatic nitrogens is 1. The van der Waals surface area contributed by atoms with Crippen LogP contribution in [0, 0.1) is 10.1 Å². The topological polar surface area (TPSA) is 62.5 Å². The van der Waals surface area contributed by atoms with Gasteiger partial charge in [0.15, 0.2) is 0 Å². The van der Waals surface area contributed by atoms with Gasteiger partial charge >= 0.3 is 0 Å². The summed E-state index contributed by atoms with van der Waals surface area (Å²) in [6.45, 7) is 4.12. The standard InChI is InChI=1S/C16H17ClN4O2/c17-14-1-2-15(16(11-14)21(22)23)20-9-7-19(8-10-20)12-13-3-5-18-6-4-13/h1-6,11H,7-10,12H2. The van der Waals surface area contributed by atoms with Crippen molar-refractivity contribution in [3.8, 4) is 0 Å². The zero-order valence-electron chi connectivity index (χ0n) is 12.6. The summed E-state index contributed by atoms with van der Waals surface area (Å²) in [5, 5.41) is 11.6. The highest BCUT2D eigenvalue weighted by Gasteiger charge is 2.23. The molecule has 1 aliphatic rings. The number of hydrogen-bond donors (Lipinski definition) is 0. The zero-order chi connectivity index (χ0) is 16.2. The van der Waals surface area contributed by atoms with Crippen LogP contribution in [-0.4, -0.2) is 41.0 Å². The van der Waals surface area contributed by atoms with Gasteiger partial charge in [-0.2, -0.15) is 0 Å². The molecule has 0 atom stereocenters. The van der Waals surface area contributed by atoms with E-state index in [4.69, 9.17) is 11.6 Å². The summed E-state index contributed by atoms with van der Waals surface area (Å²) in [6.07, 6.45) is 3.59. The maximum absolute atomic E-state index is 11.2. The Kier molecular flexibility index (Phi) is 4.73. The minimum Gasteiger partial charge on any atom is -0.363 e. The quantitative estimate of drug-likeness (QED) is 0.636. The van der Waals surface area contributed by atoms with Crippen LogP contribution in [0.5, 0.6) is 0 Å². The van der Waals surface area contributed by atoms with E-state index in [1.54, 1.807) is 24.5 Å². The van der Waals surface area contributed by atoms with Crippen molar-refractivity contribution in [2.24, 2.45) is 0 Å². The van der Waals surface area contributed by atoms with E-state index in [1.165, 1.54) is 11.6 Å². The molecule has 1 aromatic carbocycles. The van der Waals surface area contributed by atoms with Crippen LogP contribution in [0.25, 0.3) is 0 Å². The molecule has 0 spiro atoms. The Balaban J connectivity index is 1.66. The van der Waals surface area contributed by atoms with Crippen LogP contribution < -0.4 is 4.90 Å². The van der Waals surface area contributed by atoms with E-state index in [9.17, 15) is 10.1 Å². The normalized spacial score (nSPS) is 15.6. The van der Waals surface area contributed by atoms with E-state index in [2.05, 4.69) is 14.8 Å². The monoisotopic (exact) mass is 332 g/mol. The van der Waals surface area contributed by atoms with Crippen LogP contribution >= 0.6 is 11.6 Å². The van der Waals surface area contributed by atoms with E-state index >= 15 is 0 Å². The Bertz CT molecular complexity index is 688. The van der Waals surface area contributed by atoms with Crippen LogP contribution in [0.3, 0.4) is 0 Å². The molecule has 1 aromatic heterocycles. The second-order valence-corrected chi connectivity index (χ2v) is 5.95. The summed E-state index contributed by atoms with van der Waals surface area (Å²) >= 11 is 5.88. The van der Waals surface area contributed by atoms with Crippen LogP contribution in [0.15, 0.2) is 42.7 Å².